The van der Waals surface area contributed by atoms with Crippen LogP contribution in [-0.2, 0) is 4.74 Å². The Kier molecular flexibility index (Phi) is 5.11. The highest BCUT2D eigenvalue weighted by molar-refractivity contribution is 5.96. The van der Waals surface area contributed by atoms with Crippen molar-refractivity contribution in [2.75, 3.05) is 46.5 Å². The first-order valence-electron chi connectivity index (χ1n) is 9.44. The monoisotopic (exact) mass is 361 g/mol. The van der Waals surface area contributed by atoms with Gasteiger partial charge in [-0.25, -0.2) is 0 Å². The lowest BCUT2D eigenvalue weighted by Crippen LogP contribution is -2.53. The van der Waals surface area contributed by atoms with Crippen LogP contribution in [0.5, 0.6) is 5.75 Å². The maximum Gasteiger partial charge on any atom is 0.257 e. The molecule has 1 amide bonds. The van der Waals surface area contributed by atoms with Gasteiger partial charge in [0.15, 0.2) is 0 Å². The van der Waals surface area contributed by atoms with Gasteiger partial charge in [0, 0.05) is 38.4 Å². The van der Waals surface area contributed by atoms with Gasteiger partial charge in [0.25, 0.3) is 5.91 Å². The summed E-state index contributed by atoms with van der Waals surface area (Å²) < 4.78 is 10.7. The van der Waals surface area contributed by atoms with Gasteiger partial charge in [-0.15, -0.1) is 0 Å². The highest BCUT2D eigenvalue weighted by atomic mass is 16.5. The van der Waals surface area contributed by atoms with E-state index in [2.05, 4.69) is 9.88 Å². The van der Waals surface area contributed by atoms with Crippen molar-refractivity contribution >= 4 is 5.91 Å². The van der Waals surface area contributed by atoms with E-state index < -0.39 is 0 Å². The molecular weight excluding hydrogens is 334 g/mol. The summed E-state index contributed by atoms with van der Waals surface area (Å²) in [4.78, 5) is 21.3. The summed E-state index contributed by atoms with van der Waals surface area (Å²) in [5, 5.41) is 10.7. The Hall–Kier alpha value is -1.70. The number of aliphatic hydroxyl groups excluding tert-OH is 1. The number of amides is 1. The molecule has 2 saturated heterocycles. The number of nitrogens with zero attached hydrogens (tertiary/aromatic N) is 3. The number of hydrogen-bond acceptors (Lipinski definition) is 6. The predicted octanol–water partition coefficient (Wildman–Crippen LogP) is 0.634. The number of methoxy groups -OCH3 is 1. The maximum atomic E-state index is 13.0. The first-order valence-corrected chi connectivity index (χ1v) is 9.44. The lowest BCUT2D eigenvalue weighted by atomic mass is 9.77. The Morgan fingerprint density at radius 1 is 1.27 bits per heavy atom. The fourth-order valence-electron chi connectivity index (χ4n) is 4.76. The first-order chi connectivity index (χ1) is 12.7. The van der Waals surface area contributed by atoms with Crippen molar-refractivity contribution in [2.24, 2.45) is 11.8 Å². The minimum atomic E-state index is -0.320. The normalized spacial score (nSPS) is 32.3. The number of morpholine rings is 1. The molecule has 0 unspecified atom stereocenters. The summed E-state index contributed by atoms with van der Waals surface area (Å²) >= 11 is 0. The molecule has 7 heteroatoms. The van der Waals surface area contributed by atoms with Crippen molar-refractivity contribution in [2.45, 2.75) is 25.0 Å². The van der Waals surface area contributed by atoms with E-state index >= 15 is 0 Å². The lowest BCUT2D eigenvalue weighted by molar-refractivity contribution is -0.0520. The van der Waals surface area contributed by atoms with E-state index in [4.69, 9.17) is 9.47 Å². The van der Waals surface area contributed by atoms with Crippen LogP contribution >= 0.6 is 0 Å². The molecule has 3 heterocycles. The van der Waals surface area contributed by atoms with E-state index in [0.29, 0.717) is 29.7 Å². The van der Waals surface area contributed by atoms with Gasteiger partial charge in [-0.1, -0.05) is 0 Å². The van der Waals surface area contributed by atoms with Crippen molar-refractivity contribution in [1.29, 1.82) is 0 Å². The third-order valence-electron chi connectivity index (χ3n) is 6.15. The lowest BCUT2D eigenvalue weighted by Gasteiger charge is -2.43. The van der Waals surface area contributed by atoms with Crippen LogP contribution < -0.4 is 4.74 Å². The molecule has 7 nitrogen and oxygen atoms in total. The first kappa shape index (κ1) is 17.7. The molecule has 1 saturated carbocycles. The van der Waals surface area contributed by atoms with Crippen LogP contribution in [0.15, 0.2) is 18.5 Å². The van der Waals surface area contributed by atoms with Gasteiger partial charge < -0.3 is 19.5 Å². The zero-order chi connectivity index (χ0) is 18.1. The summed E-state index contributed by atoms with van der Waals surface area (Å²) in [6.45, 7) is 4.71. The number of pyridine rings is 1. The zero-order valence-corrected chi connectivity index (χ0v) is 15.2. The standard InChI is InChI=1S/C19H27N3O4/c1-25-18-10-20-3-2-15(18)19(24)22-11-13-8-16(17(23)9-14(13)12-22)21-4-6-26-7-5-21/h2-3,10,13-14,16-17,23H,4-9,11-12H2,1H3/t13-,14+,16-,17-/m1/s1. The number of fused-ring (bicyclic) bond motifs is 1. The van der Waals surface area contributed by atoms with E-state index in [1.807, 2.05) is 4.90 Å². The van der Waals surface area contributed by atoms with Crippen molar-refractivity contribution < 1.29 is 19.4 Å². The maximum absolute atomic E-state index is 13.0. The summed E-state index contributed by atoms with van der Waals surface area (Å²) in [5.41, 5.74) is 0.562. The number of likely N-dealkylation sites (tertiary alicyclic amines) is 1. The third-order valence-corrected chi connectivity index (χ3v) is 6.15. The fraction of sp³-hybridized carbons (Fsp3) is 0.684. The largest absolute Gasteiger partial charge is 0.494 e. The van der Waals surface area contributed by atoms with Gasteiger partial charge in [-0.3, -0.25) is 14.7 Å². The Balaban J connectivity index is 1.45. The second-order valence-corrected chi connectivity index (χ2v) is 7.56. The molecule has 4 atom stereocenters. The van der Waals surface area contributed by atoms with Crippen molar-refractivity contribution in [3.05, 3.63) is 24.0 Å². The summed E-state index contributed by atoms with van der Waals surface area (Å²) in [5.74, 6) is 1.33. The molecule has 26 heavy (non-hydrogen) atoms. The number of aliphatic hydroxyl groups is 1. The second-order valence-electron chi connectivity index (χ2n) is 7.56. The van der Waals surface area contributed by atoms with E-state index in [1.54, 1.807) is 25.6 Å². The van der Waals surface area contributed by atoms with Crippen molar-refractivity contribution in [3.63, 3.8) is 0 Å². The van der Waals surface area contributed by atoms with Crippen LogP contribution in [-0.4, -0.2) is 84.4 Å². The average Bonchev–Trinajstić information content (AvgIpc) is 3.10. The van der Waals surface area contributed by atoms with Crippen LogP contribution in [0.25, 0.3) is 0 Å². The third kappa shape index (κ3) is 3.31. The number of rotatable bonds is 3. The molecule has 4 rings (SSSR count). The van der Waals surface area contributed by atoms with Gasteiger partial charge >= 0.3 is 0 Å². The highest BCUT2D eigenvalue weighted by Crippen LogP contribution is 2.39. The highest BCUT2D eigenvalue weighted by Gasteiger charge is 2.45. The molecular formula is C19H27N3O4. The minimum absolute atomic E-state index is 0.00365. The molecule has 2 aliphatic heterocycles. The summed E-state index contributed by atoms with van der Waals surface area (Å²) in [6.07, 6.45) is 4.60. The van der Waals surface area contributed by atoms with Crippen LogP contribution in [0.2, 0.25) is 0 Å². The summed E-state index contributed by atoms with van der Waals surface area (Å²) in [7, 11) is 1.56. The zero-order valence-electron chi connectivity index (χ0n) is 15.2. The molecule has 142 valence electrons. The molecule has 1 aromatic rings. The van der Waals surface area contributed by atoms with Gasteiger partial charge in [0.05, 0.1) is 38.2 Å². The number of ether oxygens (including phenoxy) is 2. The van der Waals surface area contributed by atoms with E-state index in [0.717, 1.165) is 45.7 Å². The molecule has 1 aromatic heterocycles. The Bertz CT molecular complexity index is 649. The molecule has 0 aromatic carbocycles. The fourth-order valence-corrected chi connectivity index (χ4v) is 4.76. The van der Waals surface area contributed by atoms with Gasteiger partial charge in [0.2, 0.25) is 0 Å². The SMILES string of the molecule is COc1cnccc1C(=O)N1C[C@H]2C[C@@H](N3CCOCC3)[C@H](O)C[C@H]2C1. The van der Waals surface area contributed by atoms with Crippen LogP contribution in [0.4, 0.5) is 0 Å². The van der Waals surface area contributed by atoms with Crippen LogP contribution in [0, 0.1) is 11.8 Å². The van der Waals surface area contributed by atoms with E-state index in [-0.39, 0.29) is 18.1 Å². The minimum Gasteiger partial charge on any atom is -0.494 e. The summed E-state index contributed by atoms with van der Waals surface area (Å²) in [6, 6.07) is 1.90. The van der Waals surface area contributed by atoms with Crippen LogP contribution in [0.1, 0.15) is 23.2 Å². The molecule has 3 aliphatic rings. The molecule has 1 N–H and O–H groups in total. The quantitative estimate of drug-likeness (QED) is 0.851. The predicted molar refractivity (Wildman–Crippen MR) is 95.1 cm³/mol. The molecule has 1 aliphatic carbocycles. The Labute approximate surface area is 153 Å². The molecule has 3 fully saturated rings. The van der Waals surface area contributed by atoms with Crippen LogP contribution in [0.3, 0.4) is 0 Å². The number of aromatic nitrogens is 1. The number of carbonyl (C=O) groups excluding carboxylic acids is 1. The number of carbonyl (C=O) groups is 1. The van der Waals surface area contributed by atoms with Gasteiger partial charge in [-0.05, 0) is 30.7 Å². The van der Waals surface area contributed by atoms with E-state index in [1.165, 1.54) is 0 Å². The second kappa shape index (κ2) is 7.50. The average molecular weight is 361 g/mol. The van der Waals surface area contributed by atoms with Gasteiger partial charge in [-0.2, -0.15) is 0 Å². The smallest absolute Gasteiger partial charge is 0.257 e. The Morgan fingerprint density at radius 2 is 2.00 bits per heavy atom. The van der Waals surface area contributed by atoms with Crippen molar-refractivity contribution in [3.8, 4) is 5.75 Å². The van der Waals surface area contributed by atoms with Crippen molar-refractivity contribution in [1.82, 2.24) is 14.8 Å². The molecule has 0 radical (unpaired) electrons. The molecule has 0 spiro atoms. The topological polar surface area (TPSA) is 75.1 Å². The van der Waals surface area contributed by atoms with Gasteiger partial charge in [0.1, 0.15) is 5.75 Å². The van der Waals surface area contributed by atoms with E-state index in [9.17, 15) is 9.90 Å². The molecule has 0 bridgehead atoms. The number of hydrogen-bond donors (Lipinski definition) is 1. The Morgan fingerprint density at radius 3 is 2.73 bits per heavy atom.